The molecule has 3 rings (SSSR count). The zero-order valence-corrected chi connectivity index (χ0v) is 14.0. The van der Waals surface area contributed by atoms with Crippen LogP contribution in [-0.4, -0.2) is 30.5 Å². The smallest absolute Gasteiger partial charge is 0.232 e. The van der Waals surface area contributed by atoms with Gasteiger partial charge in [0.2, 0.25) is 5.88 Å². The highest BCUT2D eigenvalue weighted by molar-refractivity contribution is 9.10. The first kappa shape index (κ1) is 15.3. The number of ether oxygens (including phenoxy) is 1. The molecule has 2 heterocycles. The summed E-state index contributed by atoms with van der Waals surface area (Å²) in [5.41, 5.74) is 1.60. The van der Waals surface area contributed by atoms with Crippen LogP contribution in [0.5, 0.6) is 5.88 Å². The summed E-state index contributed by atoms with van der Waals surface area (Å²) in [7, 11) is 0. The summed E-state index contributed by atoms with van der Waals surface area (Å²) >= 11 is 9.45. The molecule has 1 unspecified atom stereocenters. The number of rotatable bonds is 4. The van der Waals surface area contributed by atoms with Crippen molar-refractivity contribution in [3.63, 3.8) is 0 Å². The zero-order chi connectivity index (χ0) is 15.5. The van der Waals surface area contributed by atoms with Gasteiger partial charge in [0.15, 0.2) is 6.29 Å². The van der Waals surface area contributed by atoms with Crippen LogP contribution in [0.15, 0.2) is 41.0 Å². The molecule has 0 spiro atoms. The molecular formula is C16H14BrClN2O2. The Kier molecular flexibility index (Phi) is 4.64. The maximum atomic E-state index is 11.2. The first-order valence-electron chi connectivity index (χ1n) is 6.94. The summed E-state index contributed by atoms with van der Waals surface area (Å²) in [4.78, 5) is 17.5. The van der Waals surface area contributed by atoms with E-state index < -0.39 is 0 Å². The number of anilines is 1. The number of carbonyl (C=O) groups is 1. The minimum Gasteiger partial charge on any atom is -0.471 e. The van der Waals surface area contributed by atoms with Gasteiger partial charge >= 0.3 is 0 Å². The summed E-state index contributed by atoms with van der Waals surface area (Å²) in [5.74, 6) is 0.461. The molecule has 0 N–H and O–H groups in total. The van der Waals surface area contributed by atoms with Crippen LogP contribution in [-0.2, 0) is 0 Å². The van der Waals surface area contributed by atoms with Gasteiger partial charge in [0, 0.05) is 34.9 Å². The van der Waals surface area contributed by atoms with E-state index in [9.17, 15) is 4.79 Å². The second-order valence-electron chi connectivity index (χ2n) is 5.09. The van der Waals surface area contributed by atoms with E-state index in [1.807, 2.05) is 18.2 Å². The molecule has 6 heteroatoms. The van der Waals surface area contributed by atoms with Crippen molar-refractivity contribution in [3.8, 4) is 5.88 Å². The average molecular weight is 382 g/mol. The number of pyridine rings is 1. The van der Waals surface area contributed by atoms with Crippen molar-refractivity contribution in [3.05, 3.63) is 51.6 Å². The lowest BCUT2D eigenvalue weighted by Crippen LogP contribution is -2.25. The van der Waals surface area contributed by atoms with Crippen LogP contribution < -0.4 is 9.64 Å². The quantitative estimate of drug-likeness (QED) is 0.752. The monoisotopic (exact) mass is 380 g/mol. The molecule has 0 amide bonds. The number of hydrogen-bond donors (Lipinski definition) is 0. The normalized spacial score (nSPS) is 17.5. The van der Waals surface area contributed by atoms with Gasteiger partial charge < -0.3 is 9.64 Å². The number of halogens is 2. The Morgan fingerprint density at radius 1 is 1.41 bits per heavy atom. The van der Waals surface area contributed by atoms with E-state index in [1.54, 1.807) is 18.3 Å². The van der Waals surface area contributed by atoms with E-state index in [2.05, 4.69) is 25.8 Å². The Bertz CT molecular complexity index is 696. The van der Waals surface area contributed by atoms with Gasteiger partial charge in [0.1, 0.15) is 11.1 Å². The number of nitrogens with zero attached hydrogens (tertiary/aromatic N) is 2. The van der Waals surface area contributed by atoms with Gasteiger partial charge in [-0.2, -0.15) is 0 Å². The Morgan fingerprint density at radius 3 is 3.05 bits per heavy atom. The van der Waals surface area contributed by atoms with Crippen molar-refractivity contribution >= 4 is 39.5 Å². The van der Waals surface area contributed by atoms with Crippen molar-refractivity contribution in [2.45, 2.75) is 12.5 Å². The highest BCUT2D eigenvalue weighted by Crippen LogP contribution is 2.29. The van der Waals surface area contributed by atoms with Crippen molar-refractivity contribution in [1.29, 1.82) is 0 Å². The van der Waals surface area contributed by atoms with E-state index in [-0.39, 0.29) is 6.10 Å². The lowest BCUT2D eigenvalue weighted by molar-refractivity contribution is 0.112. The predicted molar refractivity (Wildman–Crippen MR) is 90.0 cm³/mol. The van der Waals surface area contributed by atoms with Gasteiger partial charge in [-0.1, -0.05) is 27.5 Å². The second kappa shape index (κ2) is 6.67. The number of carbonyl (C=O) groups excluding carboxylic acids is 1. The first-order chi connectivity index (χ1) is 10.7. The highest BCUT2D eigenvalue weighted by atomic mass is 79.9. The maximum absolute atomic E-state index is 11.2. The van der Waals surface area contributed by atoms with Crippen LogP contribution in [0.3, 0.4) is 0 Å². The Balaban J connectivity index is 1.73. The maximum Gasteiger partial charge on any atom is 0.232 e. The van der Waals surface area contributed by atoms with E-state index in [0.29, 0.717) is 23.0 Å². The molecule has 0 radical (unpaired) electrons. The van der Waals surface area contributed by atoms with Crippen LogP contribution in [0, 0.1) is 0 Å². The molecule has 114 valence electrons. The van der Waals surface area contributed by atoms with Crippen LogP contribution >= 0.6 is 27.5 Å². The van der Waals surface area contributed by atoms with E-state index in [1.165, 1.54) is 0 Å². The number of aromatic nitrogens is 1. The molecule has 0 saturated carbocycles. The molecule has 1 aromatic heterocycles. The largest absolute Gasteiger partial charge is 0.471 e. The molecule has 0 bridgehead atoms. The minimum absolute atomic E-state index is 0.00977. The topological polar surface area (TPSA) is 42.4 Å². The van der Waals surface area contributed by atoms with Crippen molar-refractivity contribution in [2.75, 3.05) is 18.0 Å². The van der Waals surface area contributed by atoms with Crippen LogP contribution in [0.2, 0.25) is 5.02 Å². The lowest BCUT2D eigenvalue weighted by Gasteiger charge is -2.20. The molecule has 1 atom stereocenters. The third-order valence-corrected chi connectivity index (χ3v) is 4.39. The van der Waals surface area contributed by atoms with Crippen molar-refractivity contribution in [1.82, 2.24) is 4.98 Å². The fraction of sp³-hybridized carbons (Fsp3) is 0.250. The summed E-state index contributed by atoms with van der Waals surface area (Å²) in [6.07, 6.45) is 3.41. The molecule has 1 fully saturated rings. The predicted octanol–water partition coefficient (Wildman–Crippen LogP) is 3.97. The Labute approximate surface area is 142 Å². The highest BCUT2D eigenvalue weighted by Gasteiger charge is 2.26. The van der Waals surface area contributed by atoms with Gasteiger partial charge in [-0.25, -0.2) is 4.98 Å². The molecular weight excluding hydrogens is 368 g/mol. The summed E-state index contributed by atoms with van der Waals surface area (Å²) in [6, 6.07) is 9.24. The molecule has 1 saturated heterocycles. The lowest BCUT2D eigenvalue weighted by atomic mass is 10.2. The van der Waals surface area contributed by atoms with Gasteiger partial charge in [0.25, 0.3) is 0 Å². The molecule has 22 heavy (non-hydrogen) atoms. The molecule has 0 aliphatic carbocycles. The SMILES string of the molecule is O=Cc1cc(Br)ccc1N1CCC(Oc2ncccc2Cl)C1. The fourth-order valence-electron chi connectivity index (χ4n) is 2.57. The number of benzene rings is 1. The molecule has 1 aliphatic rings. The van der Waals surface area contributed by atoms with E-state index in [4.69, 9.17) is 16.3 Å². The second-order valence-corrected chi connectivity index (χ2v) is 6.41. The summed E-state index contributed by atoms with van der Waals surface area (Å²) in [6.45, 7) is 1.53. The van der Waals surface area contributed by atoms with Crippen LogP contribution in [0.4, 0.5) is 5.69 Å². The molecule has 1 aromatic carbocycles. The standard InChI is InChI=1S/C16H14BrClN2O2/c17-12-3-4-15(11(8-12)10-21)20-7-5-13(9-20)22-16-14(18)2-1-6-19-16/h1-4,6,8,10,13H,5,7,9H2. The van der Waals surface area contributed by atoms with Crippen LogP contribution in [0.1, 0.15) is 16.8 Å². The zero-order valence-electron chi connectivity index (χ0n) is 11.7. The van der Waals surface area contributed by atoms with Gasteiger partial charge in [-0.05, 0) is 30.3 Å². The first-order valence-corrected chi connectivity index (χ1v) is 8.11. The fourth-order valence-corrected chi connectivity index (χ4v) is 3.11. The number of aldehydes is 1. The third-order valence-electron chi connectivity index (χ3n) is 3.61. The van der Waals surface area contributed by atoms with Gasteiger partial charge in [-0.15, -0.1) is 0 Å². The minimum atomic E-state index is 0.00977. The number of hydrogen-bond acceptors (Lipinski definition) is 4. The summed E-state index contributed by atoms with van der Waals surface area (Å²) < 4.78 is 6.77. The van der Waals surface area contributed by atoms with E-state index >= 15 is 0 Å². The van der Waals surface area contributed by atoms with Crippen molar-refractivity contribution < 1.29 is 9.53 Å². The summed E-state index contributed by atoms with van der Waals surface area (Å²) in [5, 5.41) is 0.512. The van der Waals surface area contributed by atoms with Gasteiger partial charge in [0.05, 0.1) is 6.54 Å². The molecule has 4 nitrogen and oxygen atoms in total. The average Bonchev–Trinajstić information content (AvgIpc) is 2.98. The van der Waals surface area contributed by atoms with Crippen LogP contribution in [0.25, 0.3) is 0 Å². The van der Waals surface area contributed by atoms with Gasteiger partial charge in [-0.3, -0.25) is 4.79 Å². The molecule has 1 aliphatic heterocycles. The Hall–Kier alpha value is -1.59. The molecule has 2 aromatic rings. The Morgan fingerprint density at radius 2 is 2.27 bits per heavy atom. The van der Waals surface area contributed by atoms with Crippen molar-refractivity contribution in [2.24, 2.45) is 0 Å². The van der Waals surface area contributed by atoms with E-state index in [0.717, 1.165) is 29.4 Å². The third kappa shape index (κ3) is 3.25.